The first-order chi connectivity index (χ1) is 8.95. The molecular formula is C13H24N2O3S. The third-order valence-electron chi connectivity index (χ3n) is 3.82. The number of aliphatic carboxylic acids is 1. The van der Waals surface area contributed by atoms with Crippen molar-refractivity contribution in [2.75, 3.05) is 6.26 Å². The van der Waals surface area contributed by atoms with E-state index in [4.69, 9.17) is 5.11 Å². The molecule has 3 N–H and O–H groups in total. The lowest BCUT2D eigenvalue weighted by Gasteiger charge is -2.31. The van der Waals surface area contributed by atoms with Crippen LogP contribution in [0.25, 0.3) is 0 Å². The van der Waals surface area contributed by atoms with Crippen LogP contribution in [0.3, 0.4) is 0 Å². The normalized spacial score (nSPS) is 26.3. The van der Waals surface area contributed by atoms with Crippen LogP contribution < -0.4 is 10.6 Å². The molecule has 4 unspecified atom stereocenters. The van der Waals surface area contributed by atoms with Crippen molar-refractivity contribution in [1.29, 1.82) is 0 Å². The van der Waals surface area contributed by atoms with Crippen molar-refractivity contribution in [2.24, 2.45) is 5.92 Å². The summed E-state index contributed by atoms with van der Waals surface area (Å²) in [6, 6.07) is -0.448. The van der Waals surface area contributed by atoms with Gasteiger partial charge in [0.2, 0.25) is 0 Å². The number of carbonyl (C=O) groups is 2. The van der Waals surface area contributed by atoms with Crippen LogP contribution in [-0.2, 0) is 4.79 Å². The number of hydrogen-bond acceptors (Lipinski definition) is 3. The molecule has 0 bridgehead atoms. The monoisotopic (exact) mass is 288 g/mol. The van der Waals surface area contributed by atoms with Crippen LogP contribution >= 0.6 is 11.8 Å². The zero-order valence-electron chi connectivity index (χ0n) is 11.8. The molecule has 1 fully saturated rings. The largest absolute Gasteiger partial charge is 0.481 e. The second-order valence-corrected chi connectivity index (χ2v) is 6.28. The SMILES string of the molecule is CSC1CCCCC1NC(=O)NC(C)C(C)C(=O)O. The number of carbonyl (C=O) groups excluding carboxylic acids is 1. The Labute approximate surface area is 118 Å². The highest BCUT2D eigenvalue weighted by Crippen LogP contribution is 2.27. The van der Waals surface area contributed by atoms with Gasteiger partial charge in [0, 0.05) is 17.3 Å². The maximum atomic E-state index is 11.9. The molecule has 0 saturated heterocycles. The van der Waals surface area contributed by atoms with Gasteiger partial charge in [-0.1, -0.05) is 12.8 Å². The first-order valence-electron chi connectivity index (χ1n) is 6.78. The van der Waals surface area contributed by atoms with Gasteiger partial charge in [-0.3, -0.25) is 4.79 Å². The Balaban J connectivity index is 2.43. The Kier molecular flexibility index (Phi) is 6.48. The Bertz CT molecular complexity index is 325. The summed E-state index contributed by atoms with van der Waals surface area (Å²) < 4.78 is 0. The van der Waals surface area contributed by atoms with Crippen LogP contribution in [0.5, 0.6) is 0 Å². The highest BCUT2D eigenvalue weighted by Gasteiger charge is 2.27. The molecule has 0 aromatic carbocycles. The van der Waals surface area contributed by atoms with Crippen LogP contribution in [0.4, 0.5) is 4.79 Å². The van der Waals surface area contributed by atoms with E-state index in [-0.39, 0.29) is 18.1 Å². The number of carboxylic acid groups (broad SMARTS) is 1. The lowest BCUT2D eigenvalue weighted by molar-refractivity contribution is -0.141. The fraction of sp³-hybridized carbons (Fsp3) is 0.846. The molecule has 2 amide bonds. The molecule has 110 valence electrons. The number of carboxylic acids is 1. The van der Waals surface area contributed by atoms with Crippen molar-refractivity contribution in [1.82, 2.24) is 10.6 Å². The Hall–Kier alpha value is -0.910. The average molecular weight is 288 g/mol. The van der Waals surface area contributed by atoms with Gasteiger partial charge in [0.25, 0.3) is 0 Å². The molecule has 0 spiro atoms. The van der Waals surface area contributed by atoms with E-state index in [0.29, 0.717) is 5.25 Å². The van der Waals surface area contributed by atoms with E-state index < -0.39 is 11.9 Å². The fourth-order valence-corrected chi connectivity index (χ4v) is 3.23. The van der Waals surface area contributed by atoms with Gasteiger partial charge in [-0.05, 0) is 32.9 Å². The van der Waals surface area contributed by atoms with Crippen molar-refractivity contribution >= 4 is 23.8 Å². The Morgan fingerprint density at radius 1 is 1.26 bits per heavy atom. The van der Waals surface area contributed by atoms with Gasteiger partial charge in [-0.25, -0.2) is 4.79 Å². The summed E-state index contributed by atoms with van der Waals surface area (Å²) in [6.07, 6.45) is 6.56. The number of hydrogen-bond donors (Lipinski definition) is 3. The number of amides is 2. The summed E-state index contributed by atoms with van der Waals surface area (Å²) in [7, 11) is 0. The zero-order valence-corrected chi connectivity index (χ0v) is 12.6. The van der Waals surface area contributed by atoms with Gasteiger partial charge < -0.3 is 15.7 Å². The molecule has 0 aliphatic heterocycles. The van der Waals surface area contributed by atoms with E-state index in [1.54, 1.807) is 25.6 Å². The second kappa shape index (κ2) is 7.62. The summed E-state index contributed by atoms with van der Waals surface area (Å²) in [6.45, 7) is 3.31. The van der Waals surface area contributed by atoms with E-state index >= 15 is 0 Å². The van der Waals surface area contributed by atoms with E-state index in [2.05, 4.69) is 16.9 Å². The maximum absolute atomic E-state index is 11.9. The molecule has 1 aliphatic carbocycles. The van der Waals surface area contributed by atoms with Crippen LogP contribution in [0.1, 0.15) is 39.5 Å². The molecule has 0 radical (unpaired) electrons. The van der Waals surface area contributed by atoms with Gasteiger partial charge in [-0.2, -0.15) is 11.8 Å². The van der Waals surface area contributed by atoms with E-state index in [1.807, 2.05) is 0 Å². The quantitative estimate of drug-likeness (QED) is 0.723. The molecule has 19 heavy (non-hydrogen) atoms. The van der Waals surface area contributed by atoms with Crippen LogP contribution in [0, 0.1) is 5.92 Å². The molecule has 5 nitrogen and oxygen atoms in total. The summed E-state index contributed by atoms with van der Waals surface area (Å²) in [5.41, 5.74) is 0. The maximum Gasteiger partial charge on any atom is 0.315 e. The zero-order chi connectivity index (χ0) is 14.4. The molecule has 1 saturated carbocycles. The molecular weight excluding hydrogens is 264 g/mol. The summed E-state index contributed by atoms with van der Waals surface area (Å²) >= 11 is 1.79. The molecule has 1 aliphatic rings. The van der Waals surface area contributed by atoms with Crippen LogP contribution in [0.15, 0.2) is 0 Å². The number of thioether (sulfide) groups is 1. The predicted octanol–water partition coefficient (Wildman–Crippen LogP) is 2.07. The topological polar surface area (TPSA) is 78.4 Å². The first kappa shape index (κ1) is 16.1. The molecule has 6 heteroatoms. The van der Waals surface area contributed by atoms with Crippen molar-refractivity contribution < 1.29 is 14.7 Å². The van der Waals surface area contributed by atoms with E-state index in [0.717, 1.165) is 19.3 Å². The Morgan fingerprint density at radius 2 is 1.89 bits per heavy atom. The summed E-state index contributed by atoms with van der Waals surface area (Å²) in [5, 5.41) is 15.0. The fourth-order valence-electron chi connectivity index (χ4n) is 2.30. The highest BCUT2D eigenvalue weighted by atomic mass is 32.2. The molecule has 0 aromatic rings. The van der Waals surface area contributed by atoms with Gasteiger partial charge in [0.05, 0.1) is 5.92 Å². The minimum atomic E-state index is -0.896. The smallest absolute Gasteiger partial charge is 0.315 e. The number of urea groups is 1. The second-order valence-electron chi connectivity index (χ2n) is 5.20. The third kappa shape index (κ3) is 4.93. The lowest BCUT2D eigenvalue weighted by Crippen LogP contribution is -2.51. The summed E-state index contributed by atoms with van der Waals surface area (Å²) in [4.78, 5) is 22.7. The van der Waals surface area contributed by atoms with Gasteiger partial charge in [-0.15, -0.1) is 0 Å². The number of nitrogens with one attached hydrogen (secondary N) is 2. The Morgan fingerprint density at radius 3 is 2.47 bits per heavy atom. The molecule has 0 aromatic heterocycles. The van der Waals surface area contributed by atoms with Crippen LogP contribution in [-0.4, -0.2) is 40.7 Å². The third-order valence-corrected chi connectivity index (χ3v) is 4.99. The van der Waals surface area contributed by atoms with Crippen LogP contribution in [0.2, 0.25) is 0 Å². The van der Waals surface area contributed by atoms with E-state index in [1.165, 1.54) is 6.42 Å². The molecule has 1 rings (SSSR count). The van der Waals surface area contributed by atoms with Crippen molar-refractivity contribution in [3.05, 3.63) is 0 Å². The minimum absolute atomic E-state index is 0.191. The first-order valence-corrected chi connectivity index (χ1v) is 8.07. The van der Waals surface area contributed by atoms with E-state index in [9.17, 15) is 9.59 Å². The molecule has 4 atom stereocenters. The lowest BCUT2D eigenvalue weighted by atomic mass is 9.95. The predicted molar refractivity (Wildman–Crippen MR) is 77.5 cm³/mol. The number of rotatable bonds is 5. The highest BCUT2D eigenvalue weighted by molar-refractivity contribution is 7.99. The van der Waals surface area contributed by atoms with Gasteiger partial charge >= 0.3 is 12.0 Å². The van der Waals surface area contributed by atoms with Crippen molar-refractivity contribution in [3.63, 3.8) is 0 Å². The minimum Gasteiger partial charge on any atom is -0.481 e. The average Bonchev–Trinajstić information content (AvgIpc) is 2.38. The standard InChI is InChI=1S/C13H24N2O3S/c1-8(12(16)17)9(2)14-13(18)15-10-6-4-5-7-11(10)19-3/h8-11H,4-7H2,1-3H3,(H,16,17)(H2,14,15,18). The summed E-state index contributed by atoms with van der Waals surface area (Å²) in [5.74, 6) is -1.49. The van der Waals surface area contributed by atoms with Gasteiger partial charge in [0.15, 0.2) is 0 Å². The molecule has 0 heterocycles. The van der Waals surface area contributed by atoms with Crippen molar-refractivity contribution in [2.45, 2.75) is 56.9 Å². The van der Waals surface area contributed by atoms with Crippen molar-refractivity contribution in [3.8, 4) is 0 Å². The van der Waals surface area contributed by atoms with Gasteiger partial charge in [0.1, 0.15) is 0 Å².